The third-order valence-electron chi connectivity index (χ3n) is 9.82. The molecule has 0 saturated carbocycles. The fraction of sp³-hybridized carbons (Fsp3) is 0.0769. The molecule has 2 aliphatic heterocycles. The number of sulfone groups is 2. The Morgan fingerprint density at radius 2 is 0.711 bits per heavy atom. The maximum absolute atomic E-state index is 13.4. The lowest BCUT2D eigenvalue weighted by molar-refractivity contribution is 0.597. The fourth-order valence-corrected chi connectivity index (χ4v) is 10.9. The van der Waals surface area contributed by atoms with E-state index in [2.05, 4.69) is 50.2 Å². The van der Waals surface area contributed by atoms with E-state index in [-0.39, 0.29) is 5.41 Å². The number of hydrogen-bond acceptors (Lipinski definition) is 4. The van der Waals surface area contributed by atoms with Gasteiger partial charge in [-0.3, -0.25) is 0 Å². The van der Waals surface area contributed by atoms with Crippen LogP contribution in [0.5, 0.6) is 0 Å². The minimum absolute atomic E-state index is 0.325. The number of benzene rings is 6. The number of hydrogen-bond donors (Lipinski definition) is 0. The Morgan fingerprint density at radius 1 is 0.378 bits per heavy atom. The molecule has 0 unspecified atom stereocenters. The van der Waals surface area contributed by atoms with E-state index in [4.69, 9.17) is 0 Å². The lowest BCUT2D eigenvalue weighted by Gasteiger charge is -2.23. The van der Waals surface area contributed by atoms with Gasteiger partial charge in [-0.15, -0.1) is 0 Å². The first-order chi connectivity index (χ1) is 21.6. The third-order valence-corrected chi connectivity index (χ3v) is 13.5. The molecule has 4 nitrogen and oxygen atoms in total. The maximum atomic E-state index is 13.4. The van der Waals surface area contributed by atoms with Crippen LogP contribution in [0.4, 0.5) is 0 Å². The monoisotopic (exact) mass is 622 g/mol. The molecule has 3 aliphatic rings. The second kappa shape index (κ2) is 8.68. The summed E-state index contributed by atoms with van der Waals surface area (Å²) in [6.07, 6.45) is 0. The zero-order chi connectivity index (χ0) is 30.9. The van der Waals surface area contributed by atoms with E-state index >= 15 is 0 Å². The van der Waals surface area contributed by atoms with Gasteiger partial charge in [0.05, 0.1) is 19.6 Å². The van der Waals surface area contributed by atoms with Gasteiger partial charge in [-0.25, -0.2) is 16.8 Å². The summed E-state index contributed by atoms with van der Waals surface area (Å²) in [5.41, 5.74) is 11.0. The van der Waals surface area contributed by atoms with Gasteiger partial charge in [-0.2, -0.15) is 0 Å². The Kier molecular flexibility index (Phi) is 5.14. The van der Waals surface area contributed by atoms with E-state index in [0.717, 1.165) is 55.6 Å². The molecule has 0 bridgehead atoms. The molecule has 6 aromatic rings. The average Bonchev–Trinajstić information content (AvgIpc) is 3.53. The summed E-state index contributed by atoms with van der Waals surface area (Å²) in [6, 6.07) is 38.6. The molecule has 0 N–H and O–H groups in total. The topological polar surface area (TPSA) is 68.3 Å². The first-order valence-corrected chi connectivity index (χ1v) is 17.8. The van der Waals surface area contributed by atoms with Crippen molar-refractivity contribution >= 4 is 19.7 Å². The minimum atomic E-state index is -3.57. The molecule has 218 valence electrons. The zero-order valence-electron chi connectivity index (χ0n) is 24.5. The Balaban J connectivity index is 1.11. The highest BCUT2D eigenvalue weighted by Crippen LogP contribution is 2.52. The van der Waals surface area contributed by atoms with Gasteiger partial charge in [0, 0.05) is 27.7 Å². The summed E-state index contributed by atoms with van der Waals surface area (Å²) < 4.78 is 53.5. The fourth-order valence-electron chi connectivity index (χ4n) is 7.47. The van der Waals surface area contributed by atoms with E-state index in [0.29, 0.717) is 19.6 Å². The van der Waals surface area contributed by atoms with Crippen molar-refractivity contribution in [1.29, 1.82) is 0 Å². The summed E-state index contributed by atoms with van der Waals surface area (Å²) >= 11 is 0. The summed E-state index contributed by atoms with van der Waals surface area (Å²) in [5.74, 6) is 0. The van der Waals surface area contributed by atoms with Gasteiger partial charge in [-0.1, -0.05) is 98.8 Å². The molecule has 6 aromatic carbocycles. The van der Waals surface area contributed by atoms with Gasteiger partial charge < -0.3 is 0 Å². The van der Waals surface area contributed by atoms with Crippen LogP contribution in [0.2, 0.25) is 0 Å². The summed E-state index contributed by atoms with van der Waals surface area (Å²) in [5, 5.41) is 0. The molecule has 0 spiro atoms. The van der Waals surface area contributed by atoms with Crippen molar-refractivity contribution in [3.8, 4) is 55.6 Å². The van der Waals surface area contributed by atoms with Crippen molar-refractivity contribution in [2.24, 2.45) is 0 Å². The van der Waals surface area contributed by atoms with Gasteiger partial charge >= 0.3 is 0 Å². The molecule has 45 heavy (non-hydrogen) atoms. The zero-order valence-corrected chi connectivity index (χ0v) is 26.1. The summed E-state index contributed by atoms with van der Waals surface area (Å²) in [4.78, 5) is 1.44. The molecule has 1 aliphatic carbocycles. The Bertz CT molecular complexity index is 2370. The summed E-state index contributed by atoms with van der Waals surface area (Å²) in [6.45, 7) is 4.41. The minimum Gasteiger partial charge on any atom is -0.218 e. The number of fused-ring (bicyclic) bond motifs is 9. The average molecular weight is 623 g/mol. The van der Waals surface area contributed by atoms with Crippen LogP contribution in [0.15, 0.2) is 141 Å². The van der Waals surface area contributed by atoms with Gasteiger partial charge in [0.2, 0.25) is 19.7 Å². The van der Waals surface area contributed by atoms with Gasteiger partial charge in [0.1, 0.15) is 0 Å². The van der Waals surface area contributed by atoms with E-state index < -0.39 is 19.7 Å². The van der Waals surface area contributed by atoms with Crippen LogP contribution in [0.25, 0.3) is 55.6 Å². The van der Waals surface area contributed by atoms with Crippen molar-refractivity contribution in [3.63, 3.8) is 0 Å². The first kappa shape index (κ1) is 26.6. The van der Waals surface area contributed by atoms with E-state index in [9.17, 15) is 16.8 Å². The maximum Gasteiger partial charge on any atom is 0.207 e. The molecule has 0 atom stereocenters. The van der Waals surface area contributed by atoms with E-state index in [1.165, 1.54) is 11.1 Å². The van der Waals surface area contributed by atoms with Crippen molar-refractivity contribution in [1.82, 2.24) is 0 Å². The Hall–Kier alpha value is -4.78. The molecule has 0 fully saturated rings. The van der Waals surface area contributed by atoms with Crippen molar-refractivity contribution in [2.45, 2.75) is 38.8 Å². The second-order valence-corrected chi connectivity index (χ2v) is 16.3. The predicted molar refractivity (Wildman–Crippen MR) is 177 cm³/mol. The Labute approximate surface area is 262 Å². The number of rotatable bonds is 2. The van der Waals surface area contributed by atoms with Gasteiger partial charge in [0.25, 0.3) is 0 Å². The lowest BCUT2D eigenvalue weighted by Crippen LogP contribution is -2.15. The van der Waals surface area contributed by atoms with Gasteiger partial charge in [-0.05, 0) is 80.9 Å². The molecule has 0 radical (unpaired) electrons. The Morgan fingerprint density at radius 3 is 1.13 bits per heavy atom. The molecule has 6 heteroatoms. The lowest BCUT2D eigenvalue weighted by atomic mass is 9.80. The molecule has 9 rings (SSSR count). The highest BCUT2D eigenvalue weighted by atomic mass is 32.2. The molecule has 2 heterocycles. The predicted octanol–water partition coefficient (Wildman–Crippen LogP) is 8.95. The van der Waals surface area contributed by atoms with Crippen molar-refractivity contribution < 1.29 is 16.8 Å². The van der Waals surface area contributed by atoms with Crippen LogP contribution in [0, 0.1) is 0 Å². The van der Waals surface area contributed by atoms with Crippen LogP contribution in [0.3, 0.4) is 0 Å². The summed E-state index contributed by atoms with van der Waals surface area (Å²) in [7, 11) is -7.14. The van der Waals surface area contributed by atoms with Crippen LogP contribution < -0.4 is 0 Å². The van der Waals surface area contributed by atoms with Crippen molar-refractivity contribution in [2.75, 3.05) is 0 Å². The van der Waals surface area contributed by atoms with E-state index in [1.807, 2.05) is 48.5 Å². The highest BCUT2D eigenvalue weighted by molar-refractivity contribution is 7.92. The SMILES string of the molecule is CC1(C)c2cc(-c3ccc4c(c3)S(=O)(=O)c3ccccc3-4)ccc2-c2ccc(-c3ccc4c(c3)S(=O)(=O)c3ccccc3-4)cc21. The molecular formula is C39H26O4S2. The molecule has 0 saturated heterocycles. The molecule has 0 aromatic heterocycles. The van der Waals surface area contributed by atoms with Crippen molar-refractivity contribution in [3.05, 3.63) is 132 Å². The molecule has 0 amide bonds. The van der Waals surface area contributed by atoms with Gasteiger partial charge in [0.15, 0.2) is 0 Å². The third kappa shape index (κ3) is 3.47. The quantitative estimate of drug-likeness (QED) is 0.193. The van der Waals surface area contributed by atoms with Crippen LogP contribution in [0.1, 0.15) is 25.0 Å². The van der Waals surface area contributed by atoms with E-state index in [1.54, 1.807) is 36.4 Å². The van der Waals surface area contributed by atoms with Crippen LogP contribution >= 0.6 is 0 Å². The standard InChI is InChI=1S/C39H26O4S2/c1-39(2)33-19-23(25-13-17-31-29-7-3-5-9-35(29)44(40,41)37(31)21-25)11-15-27(33)28-16-12-24(20-34(28)39)26-14-18-32-30-8-4-6-10-36(30)45(42,43)38(32)22-26/h3-22H,1-2H3. The van der Waals surface area contributed by atoms with Crippen LogP contribution in [-0.2, 0) is 25.1 Å². The largest absolute Gasteiger partial charge is 0.218 e. The molecular weight excluding hydrogens is 597 g/mol. The highest BCUT2D eigenvalue weighted by Gasteiger charge is 2.37. The first-order valence-electron chi connectivity index (χ1n) is 14.8. The normalized spacial score (nSPS) is 16.7. The van der Waals surface area contributed by atoms with Crippen LogP contribution in [-0.4, -0.2) is 16.8 Å². The second-order valence-electron chi connectivity index (χ2n) is 12.6. The smallest absolute Gasteiger partial charge is 0.207 e.